The summed E-state index contributed by atoms with van der Waals surface area (Å²) in [5.41, 5.74) is 3.27. The summed E-state index contributed by atoms with van der Waals surface area (Å²) in [6.07, 6.45) is 0.768. The van der Waals surface area contributed by atoms with E-state index in [1.54, 1.807) is 24.3 Å². The van der Waals surface area contributed by atoms with E-state index in [0.29, 0.717) is 24.9 Å². The maximum Gasteiger partial charge on any atom is 0.265 e. The van der Waals surface area contributed by atoms with Gasteiger partial charge in [-0.2, -0.15) is 0 Å². The lowest BCUT2D eigenvalue weighted by atomic mass is 10.0. The largest absolute Gasteiger partial charge is 0.302 e. The smallest absolute Gasteiger partial charge is 0.265 e. The fraction of sp³-hybridized carbons (Fsp3) is 0.308. The maximum atomic E-state index is 11.6. The van der Waals surface area contributed by atoms with Crippen molar-refractivity contribution in [2.45, 2.75) is 25.4 Å². The van der Waals surface area contributed by atoms with Gasteiger partial charge in [-0.05, 0) is 18.1 Å². The first-order valence-electron chi connectivity index (χ1n) is 6.27. The molecule has 1 saturated heterocycles. The number of nitrogen functional groups attached to an aromatic ring is 1. The minimum Gasteiger partial charge on any atom is -0.302 e. The second kappa shape index (κ2) is 6.27. The number of hydrogen-bond acceptors (Lipinski definition) is 5. The van der Waals surface area contributed by atoms with E-state index >= 15 is 0 Å². The Labute approximate surface area is 115 Å². The summed E-state index contributed by atoms with van der Waals surface area (Å²) in [6.45, 7) is 0.343. The number of nitrogens with two attached hydrogens (primary N) is 1. The number of piperidine rings is 1. The predicted octanol–water partition coefficient (Wildman–Crippen LogP) is -0.815. The number of hydrogen-bond donors (Lipinski definition) is 4. The predicted molar refractivity (Wildman–Crippen MR) is 71.1 cm³/mol. The minimum absolute atomic E-state index is 0.254. The van der Waals surface area contributed by atoms with E-state index in [1.165, 1.54) is 0 Å². The molecule has 1 unspecified atom stereocenters. The number of imide groups is 1. The molecule has 7 nitrogen and oxygen atoms in total. The van der Waals surface area contributed by atoms with Crippen LogP contribution in [0.4, 0.5) is 0 Å². The Morgan fingerprint density at radius 3 is 2.80 bits per heavy atom. The van der Waals surface area contributed by atoms with E-state index in [9.17, 15) is 14.4 Å². The van der Waals surface area contributed by atoms with Crippen LogP contribution in [0.5, 0.6) is 0 Å². The van der Waals surface area contributed by atoms with Crippen molar-refractivity contribution in [1.82, 2.24) is 16.1 Å². The van der Waals surface area contributed by atoms with Crippen LogP contribution in [0.3, 0.4) is 0 Å². The van der Waals surface area contributed by atoms with Crippen molar-refractivity contribution in [3.8, 4) is 0 Å². The lowest BCUT2D eigenvalue weighted by molar-refractivity contribution is -0.134. The van der Waals surface area contributed by atoms with Gasteiger partial charge in [-0.25, -0.2) is 5.84 Å². The van der Waals surface area contributed by atoms with Crippen LogP contribution in [-0.4, -0.2) is 23.8 Å². The van der Waals surface area contributed by atoms with Crippen LogP contribution in [0, 0.1) is 0 Å². The summed E-state index contributed by atoms with van der Waals surface area (Å²) in [5.74, 6) is 4.16. The Morgan fingerprint density at radius 2 is 2.10 bits per heavy atom. The number of hydrazine groups is 1. The van der Waals surface area contributed by atoms with Gasteiger partial charge in [0.25, 0.3) is 5.91 Å². The molecule has 5 N–H and O–H groups in total. The van der Waals surface area contributed by atoms with Crippen molar-refractivity contribution in [3.63, 3.8) is 0 Å². The third-order valence-corrected chi connectivity index (χ3v) is 3.17. The molecule has 1 aliphatic heterocycles. The van der Waals surface area contributed by atoms with E-state index in [2.05, 4.69) is 16.1 Å². The molecule has 1 heterocycles. The van der Waals surface area contributed by atoms with Gasteiger partial charge in [0.2, 0.25) is 11.8 Å². The van der Waals surface area contributed by atoms with Crippen molar-refractivity contribution in [2.24, 2.45) is 5.84 Å². The van der Waals surface area contributed by atoms with Crippen molar-refractivity contribution >= 4 is 17.7 Å². The van der Waals surface area contributed by atoms with Gasteiger partial charge in [-0.1, -0.05) is 18.2 Å². The zero-order chi connectivity index (χ0) is 14.5. The zero-order valence-corrected chi connectivity index (χ0v) is 10.8. The number of carbonyl (C=O) groups is 3. The van der Waals surface area contributed by atoms with Gasteiger partial charge in [0.05, 0.1) is 6.04 Å². The quantitative estimate of drug-likeness (QED) is 0.248. The van der Waals surface area contributed by atoms with Gasteiger partial charge in [-0.3, -0.25) is 25.1 Å². The van der Waals surface area contributed by atoms with Crippen LogP contribution in [-0.2, 0) is 16.1 Å². The van der Waals surface area contributed by atoms with Gasteiger partial charge in [0.1, 0.15) is 0 Å². The average Bonchev–Trinajstić information content (AvgIpc) is 2.46. The molecule has 1 aromatic carbocycles. The number of carbonyl (C=O) groups excluding carboxylic acids is 3. The van der Waals surface area contributed by atoms with Crippen LogP contribution < -0.4 is 21.9 Å². The summed E-state index contributed by atoms with van der Waals surface area (Å²) < 4.78 is 0. The molecule has 1 fully saturated rings. The Bertz CT molecular complexity index is 544. The van der Waals surface area contributed by atoms with Crippen molar-refractivity contribution in [2.75, 3.05) is 0 Å². The van der Waals surface area contributed by atoms with Crippen molar-refractivity contribution in [3.05, 3.63) is 35.4 Å². The minimum atomic E-state index is -0.429. The molecule has 0 bridgehead atoms. The highest BCUT2D eigenvalue weighted by Crippen LogP contribution is 2.10. The van der Waals surface area contributed by atoms with E-state index < -0.39 is 6.04 Å². The van der Waals surface area contributed by atoms with Gasteiger partial charge in [0.15, 0.2) is 0 Å². The number of benzene rings is 1. The number of nitrogens with one attached hydrogen (secondary N) is 3. The lowest BCUT2D eigenvalue weighted by Crippen LogP contribution is -2.50. The molecule has 2 rings (SSSR count). The summed E-state index contributed by atoms with van der Waals surface area (Å²) >= 11 is 0. The fourth-order valence-electron chi connectivity index (χ4n) is 2.10. The molecule has 1 atom stereocenters. The molecule has 0 aromatic heterocycles. The van der Waals surface area contributed by atoms with Gasteiger partial charge in [-0.15, -0.1) is 0 Å². The first-order valence-corrected chi connectivity index (χ1v) is 6.27. The summed E-state index contributed by atoms with van der Waals surface area (Å²) in [6, 6.07) is 6.55. The van der Waals surface area contributed by atoms with Crippen molar-refractivity contribution < 1.29 is 14.4 Å². The van der Waals surface area contributed by atoms with Gasteiger partial charge >= 0.3 is 0 Å². The Hall–Kier alpha value is -2.25. The van der Waals surface area contributed by atoms with Gasteiger partial charge in [0, 0.05) is 18.5 Å². The SMILES string of the molecule is NNC(=O)c1ccccc1CNC1CCC(=O)NC1=O. The molecule has 3 amide bonds. The highest BCUT2D eigenvalue weighted by Gasteiger charge is 2.26. The molecule has 1 aliphatic rings. The van der Waals surface area contributed by atoms with E-state index in [0.717, 1.165) is 5.56 Å². The molecular formula is C13H16N4O3. The zero-order valence-electron chi connectivity index (χ0n) is 10.8. The summed E-state index contributed by atoms with van der Waals surface area (Å²) in [4.78, 5) is 34.3. The first-order chi connectivity index (χ1) is 9.61. The second-order valence-corrected chi connectivity index (χ2v) is 4.52. The molecule has 7 heteroatoms. The molecule has 0 aliphatic carbocycles. The maximum absolute atomic E-state index is 11.6. The van der Waals surface area contributed by atoms with E-state index in [4.69, 9.17) is 5.84 Å². The van der Waals surface area contributed by atoms with Gasteiger partial charge < -0.3 is 5.32 Å². The molecule has 0 spiro atoms. The molecule has 20 heavy (non-hydrogen) atoms. The van der Waals surface area contributed by atoms with Crippen molar-refractivity contribution in [1.29, 1.82) is 0 Å². The Kier molecular flexibility index (Phi) is 4.44. The molecular weight excluding hydrogens is 260 g/mol. The third kappa shape index (κ3) is 3.19. The number of amides is 3. The lowest BCUT2D eigenvalue weighted by Gasteiger charge is -2.22. The standard InChI is InChI=1S/C13H16N4O3/c14-17-12(19)9-4-2-1-3-8(9)7-15-10-5-6-11(18)16-13(10)20/h1-4,10,15H,5-7,14H2,(H,17,19)(H,16,18,20). The molecule has 0 saturated carbocycles. The molecule has 1 aromatic rings. The molecule has 0 radical (unpaired) electrons. The van der Waals surface area contributed by atoms with Crippen LogP contribution in [0.2, 0.25) is 0 Å². The monoisotopic (exact) mass is 276 g/mol. The van der Waals surface area contributed by atoms with Crippen LogP contribution in [0.15, 0.2) is 24.3 Å². The average molecular weight is 276 g/mol. The summed E-state index contributed by atoms with van der Waals surface area (Å²) in [5, 5.41) is 5.32. The summed E-state index contributed by atoms with van der Waals surface area (Å²) in [7, 11) is 0. The Balaban J connectivity index is 2.02. The van der Waals surface area contributed by atoms with E-state index in [1.807, 2.05) is 0 Å². The highest BCUT2D eigenvalue weighted by atomic mass is 16.2. The van der Waals surface area contributed by atoms with Crippen LogP contribution >= 0.6 is 0 Å². The second-order valence-electron chi connectivity index (χ2n) is 4.52. The van der Waals surface area contributed by atoms with Crippen LogP contribution in [0.1, 0.15) is 28.8 Å². The van der Waals surface area contributed by atoms with E-state index in [-0.39, 0.29) is 17.7 Å². The fourth-order valence-corrected chi connectivity index (χ4v) is 2.10. The highest BCUT2D eigenvalue weighted by molar-refractivity contribution is 6.00. The number of rotatable bonds is 4. The molecule has 106 valence electrons. The first kappa shape index (κ1) is 14.2. The topological polar surface area (TPSA) is 113 Å². The van der Waals surface area contributed by atoms with Crippen LogP contribution in [0.25, 0.3) is 0 Å². The Morgan fingerprint density at radius 1 is 1.35 bits per heavy atom. The third-order valence-electron chi connectivity index (χ3n) is 3.17. The normalized spacial score (nSPS) is 18.6.